The lowest BCUT2D eigenvalue weighted by molar-refractivity contribution is -0.118. The molecule has 1 aromatic carbocycles. The normalized spacial score (nSPS) is 10.6. The molecule has 128 valence electrons. The number of rotatable bonds is 8. The lowest BCUT2D eigenvalue weighted by atomic mass is 10.1. The predicted molar refractivity (Wildman–Crippen MR) is 91.4 cm³/mol. The Morgan fingerprint density at radius 1 is 1.33 bits per heavy atom. The highest BCUT2D eigenvalue weighted by Gasteiger charge is 2.14. The van der Waals surface area contributed by atoms with Gasteiger partial charge in [-0.2, -0.15) is 0 Å². The number of nitrogens with zero attached hydrogens (tertiary/aromatic N) is 1. The highest BCUT2D eigenvalue weighted by molar-refractivity contribution is 5.95. The van der Waals surface area contributed by atoms with Crippen LogP contribution in [0.1, 0.15) is 36.5 Å². The van der Waals surface area contributed by atoms with E-state index in [9.17, 15) is 14.4 Å². The Kier molecular flexibility index (Phi) is 6.12. The summed E-state index contributed by atoms with van der Waals surface area (Å²) in [6, 6.07) is 5.57. The van der Waals surface area contributed by atoms with Gasteiger partial charge in [-0.15, -0.1) is 0 Å². The maximum absolute atomic E-state index is 12.4. The number of methoxy groups -OCH3 is 1. The fourth-order valence-electron chi connectivity index (χ4n) is 2.64. The number of carbonyl (C=O) groups excluding carboxylic acids is 3. The standard InChI is InChI=1S/C18H22N2O4/c1-13(22)19-9-8-14-12-20(18(23)5-3-4-10-21)17-7-6-15(24-2)11-16(14)17/h6-7,10-12H,3-5,8-9H2,1-2H3,(H,19,22). The molecule has 0 unspecified atom stereocenters. The molecule has 1 N–H and O–H groups in total. The van der Waals surface area contributed by atoms with Crippen molar-refractivity contribution in [2.24, 2.45) is 0 Å². The summed E-state index contributed by atoms with van der Waals surface area (Å²) in [5, 5.41) is 3.70. The third-order valence-electron chi connectivity index (χ3n) is 3.84. The maximum atomic E-state index is 12.4. The summed E-state index contributed by atoms with van der Waals surface area (Å²) >= 11 is 0. The highest BCUT2D eigenvalue weighted by Crippen LogP contribution is 2.27. The van der Waals surface area contributed by atoms with Gasteiger partial charge in [0.25, 0.3) is 0 Å². The Labute approximate surface area is 140 Å². The number of unbranched alkanes of at least 4 members (excludes halogenated alkanes) is 1. The van der Waals surface area contributed by atoms with Crippen LogP contribution in [0.4, 0.5) is 0 Å². The van der Waals surface area contributed by atoms with E-state index >= 15 is 0 Å². The average Bonchev–Trinajstić information content (AvgIpc) is 2.92. The van der Waals surface area contributed by atoms with Gasteiger partial charge in [0.15, 0.2) is 0 Å². The van der Waals surface area contributed by atoms with Crippen molar-refractivity contribution in [1.82, 2.24) is 9.88 Å². The molecule has 0 aliphatic heterocycles. The zero-order valence-electron chi connectivity index (χ0n) is 14.0. The van der Waals surface area contributed by atoms with Crippen LogP contribution in [0.15, 0.2) is 24.4 Å². The molecule has 0 saturated heterocycles. The first-order chi connectivity index (χ1) is 11.6. The molecule has 0 bridgehead atoms. The first kappa shape index (κ1) is 17.7. The fourth-order valence-corrected chi connectivity index (χ4v) is 2.64. The third kappa shape index (κ3) is 4.22. The van der Waals surface area contributed by atoms with Crippen LogP contribution in [0.25, 0.3) is 10.9 Å². The summed E-state index contributed by atoms with van der Waals surface area (Å²) in [6.07, 6.45) is 4.50. The van der Waals surface area contributed by atoms with Crippen LogP contribution < -0.4 is 10.1 Å². The molecule has 6 heteroatoms. The molecule has 0 fully saturated rings. The summed E-state index contributed by atoms with van der Waals surface area (Å²) in [4.78, 5) is 33.9. The number of fused-ring (bicyclic) bond motifs is 1. The van der Waals surface area contributed by atoms with Gasteiger partial charge in [-0.1, -0.05) is 0 Å². The van der Waals surface area contributed by atoms with Gasteiger partial charge >= 0.3 is 0 Å². The molecule has 1 amide bonds. The van der Waals surface area contributed by atoms with Crippen LogP contribution in [0.5, 0.6) is 5.75 Å². The van der Waals surface area contributed by atoms with Crippen LogP contribution >= 0.6 is 0 Å². The van der Waals surface area contributed by atoms with E-state index in [1.165, 1.54) is 6.92 Å². The minimum atomic E-state index is -0.0822. The second-order valence-electron chi connectivity index (χ2n) is 5.59. The van der Waals surface area contributed by atoms with Crippen molar-refractivity contribution in [1.29, 1.82) is 0 Å². The summed E-state index contributed by atoms with van der Waals surface area (Å²) in [5.74, 6) is 0.591. The van der Waals surface area contributed by atoms with Crippen LogP contribution in [-0.4, -0.2) is 36.3 Å². The van der Waals surface area contributed by atoms with Crippen LogP contribution in [0.2, 0.25) is 0 Å². The van der Waals surface area contributed by atoms with Crippen molar-refractivity contribution in [2.45, 2.75) is 32.6 Å². The Bertz CT molecular complexity index is 749. The number of carbonyl (C=O) groups is 3. The number of aldehydes is 1. The molecule has 0 aliphatic carbocycles. The predicted octanol–water partition coefficient (Wildman–Crippen LogP) is 2.34. The summed E-state index contributed by atoms with van der Waals surface area (Å²) < 4.78 is 6.89. The van der Waals surface area contributed by atoms with Crippen LogP contribution in [0, 0.1) is 0 Å². The maximum Gasteiger partial charge on any atom is 0.231 e. The number of aromatic nitrogens is 1. The van der Waals surface area contributed by atoms with Gasteiger partial charge < -0.3 is 14.8 Å². The van der Waals surface area contributed by atoms with Gasteiger partial charge in [0, 0.05) is 37.9 Å². The number of hydrogen-bond donors (Lipinski definition) is 1. The van der Waals surface area contributed by atoms with Gasteiger partial charge in [-0.3, -0.25) is 14.2 Å². The lowest BCUT2D eigenvalue weighted by Gasteiger charge is -2.04. The topological polar surface area (TPSA) is 77.4 Å². The molecule has 0 radical (unpaired) electrons. The fraction of sp³-hybridized carbons (Fsp3) is 0.389. The highest BCUT2D eigenvalue weighted by atomic mass is 16.5. The van der Waals surface area contributed by atoms with Crippen molar-refractivity contribution in [3.63, 3.8) is 0 Å². The summed E-state index contributed by atoms with van der Waals surface area (Å²) in [5.41, 5.74) is 1.78. The van der Waals surface area contributed by atoms with Gasteiger partial charge in [-0.05, 0) is 36.6 Å². The van der Waals surface area contributed by atoms with E-state index in [-0.39, 0.29) is 11.8 Å². The van der Waals surface area contributed by atoms with Gasteiger partial charge in [-0.25, -0.2) is 0 Å². The van der Waals surface area contributed by atoms with E-state index < -0.39 is 0 Å². The number of amides is 1. The van der Waals surface area contributed by atoms with E-state index in [0.29, 0.717) is 32.2 Å². The van der Waals surface area contributed by atoms with E-state index in [1.54, 1.807) is 11.7 Å². The van der Waals surface area contributed by atoms with E-state index in [1.807, 2.05) is 24.4 Å². The Hall–Kier alpha value is -2.63. The molecule has 1 heterocycles. The Morgan fingerprint density at radius 3 is 2.79 bits per heavy atom. The van der Waals surface area contributed by atoms with Crippen molar-refractivity contribution in [3.8, 4) is 5.75 Å². The Morgan fingerprint density at radius 2 is 2.12 bits per heavy atom. The molecule has 0 aliphatic rings. The molecule has 1 aromatic heterocycles. The molecule has 0 spiro atoms. The van der Waals surface area contributed by atoms with Gasteiger partial charge in [0.2, 0.25) is 11.8 Å². The summed E-state index contributed by atoms with van der Waals surface area (Å²) in [7, 11) is 1.60. The molecular weight excluding hydrogens is 308 g/mol. The molecular formula is C18H22N2O4. The largest absolute Gasteiger partial charge is 0.497 e. The second kappa shape index (κ2) is 8.29. The van der Waals surface area contributed by atoms with Gasteiger partial charge in [0.05, 0.1) is 12.6 Å². The zero-order chi connectivity index (χ0) is 17.5. The van der Waals surface area contributed by atoms with E-state index in [4.69, 9.17) is 4.74 Å². The first-order valence-corrected chi connectivity index (χ1v) is 7.96. The quantitative estimate of drug-likeness (QED) is 0.595. The molecule has 6 nitrogen and oxygen atoms in total. The van der Waals surface area contributed by atoms with Crippen molar-refractivity contribution in [3.05, 3.63) is 30.0 Å². The van der Waals surface area contributed by atoms with Crippen LogP contribution in [-0.2, 0) is 16.0 Å². The van der Waals surface area contributed by atoms with Crippen molar-refractivity contribution in [2.75, 3.05) is 13.7 Å². The minimum Gasteiger partial charge on any atom is -0.497 e. The molecule has 0 saturated carbocycles. The summed E-state index contributed by atoms with van der Waals surface area (Å²) in [6.45, 7) is 1.98. The molecule has 2 rings (SSSR count). The third-order valence-corrected chi connectivity index (χ3v) is 3.84. The molecule has 24 heavy (non-hydrogen) atoms. The number of ether oxygens (including phenoxy) is 1. The van der Waals surface area contributed by atoms with Gasteiger partial charge in [0.1, 0.15) is 12.0 Å². The SMILES string of the molecule is COc1ccc2c(c1)c(CCNC(C)=O)cn2C(=O)CCCC=O. The number of hydrogen-bond acceptors (Lipinski definition) is 4. The average molecular weight is 330 g/mol. The lowest BCUT2D eigenvalue weighted by Crippen LogP contribution is -2.22. The van der Waals surface area contributed by atoms with E-state index in [2.05, 4.69) is 5.32 Å². The molecule has 2 aromatic rings. The minimum absolute atomic E-state index is 0.0437. The van der Waals surface area contributed by atoms with E-state index in [0.717, 1.165) is 28.5 Å². The zero-order valence-corrected chi connectivity index (χ0v) is 14.0. The van der Waals surface area contributed by atoms with Crippen molar-refractivity contribution >= 4 is 29.0 Å². The number of nitrogens with one attached hydrogen (secondary N) is 1. The molecule has 0 atom stereocenters. The first-order valence-electron chi connectivity index (χ1n) is 7.96. The number of benzene rings is 1. The smallest absolute Gasteiger partial charge is 0.231 e. The monoisotopic (exact) mass is 330 g/mol. The second-order valence-corrected chi connectivity index (χ2v) is 5.59. The van der Waals surface area contributed by atoms with Crippen molar-refractivity contribution < 1.29 is 19.1 Å². The Balaban J connectivity index is 2.31. The van der Waals surface area contributed by atoms with Crippen LogP contribution in [0.3, 0.4) is 0 Å².